The van der Waals surface area contributed by atoms with E-state index in [4.69, 9.17) is 4.52 Å². The van der Waals surface area contributed by atoms with E-state index in [2.05, 4.69) is 17.1 Å². The number of aromatic nitrogens is 2. The van der Waals surface area contributed by atoms with Crippen LogP contribution >= 0.6 is 0 Å². The molecule has 1 saturated heterocycles. The van der Waals surface area contributed by atoms with Gasteiger partial charge in [0.05, 0.1) is 12.2 Å². The van der Waals surface area contributed by atoms with Crippen LogP contribution in [0.2, 0.25) is 0 Å². The molecule has 8 nitrogen and oxygen atoms in total. The highest BCUT2D eigenvalue weighted by Crippen LogP contribution is 2.18. The summed E-state index contributed by atoms with van der Waals surface area (Å²) in [5.41, 5.74) is 1.74. The first kappa shape index (κ1) is 26.3. The number of amides is 1. The highest BCUT2D eigenvalue weighted by molar-refractivity contribution is 7.89. The van der Waals surface area contributed by atoms with Gasteiger partial charge in [-0.2, -0.15) is 9.29 Å². The second-order valence-electron chi connectivity index (χ2n) is 9.08. The molecular weight excluding hydrogens is 452 g/mol. The number of carbonyl (C=O) groups is 1. The summed E-state index contributed by atoms with van der Waals surface area (Å²) in [4.78, 5) is 18.7. The highest BCUT2D eigenvalue weighted by atomic mass is 32.2. The lowest BCUT2D eigenvalue weighted by molar-refractivity contribution is -0.131. The van der Waals surface area contributed by atoms with Crippen LogP contribution in [0.25, 0.3) is 11.4 Å². The highest BCUT2D eigenvalue weighted by Gasteiger charge is 2.28. The van der Waals surface area contributed by atoms with Crippen molar-refractivity contribution in [2.24, 2.45) is 0 Å². The van der Waals surface area contributed by atoms with E-state index in [1.807, 2.05) is 24.3 Å². The number of carbonyl (C=O) groups excluding carboxylic acids is 1. The second kappa shape index (κ2) is 13.0. The quantitative estimate of drug-likeness (QED) is 0.390. The Hall–Kier alpha value is -2.26. The Labute approximate surface area is 203 Å². The molecule has 0 N–H and O–H groups in total. The van der Waals surface area contributed by atoms with Gasteiger partial charge in [0, 0.05) is 38.7 Å². The topological polar surface area (TPSA) is 96.6 Å². The van der Waals surface area contributed by atoms with Crippen LogP contribution in [0, 0.1) is 6.92 Å². The van der Waals surface area contributed by atoms with Crippen molar-refractivity contribution in [2.75, 3.05) is 31.9 Å². The maximum atomic E-state index is 12.7. The molecule has 1 amide bonds. The zero-order chi connectivity index (χ0) is 24.4. The first-order valence-corrected chi connectivity index (χ1v) is 14.1. The summed E-state index contributed by atoms with van der Waals surface area (Å²) >= 11 is 0. The molecule has 0 radical (unpaired) electrons. The Morgan fingerprint density at radius 2 is 1.56 bits per heavy atom. The van der Waals surface area contributed by atoms with Gasteiger partial charge in [0.2, 0.25) is 27.6 Å². The zero-order valence-electron chi connectivity index (χ0n) is 20.5. The Morgan fingerprint density at radius 3 is 2.15 bits per heavy atom. The first-order chi connectivity index (χ1) is 16.4. The molecular formula is C25H38N4O4S. The Bertz CT molecular complexity index is 996. The second-order valence-corrected chi connectivity index (χ2v) is 11.2. The molecule has 2 aromatic rings. The molecule has 1 aliphatic heterocycles. The van der Waals surface area contributed by atoms with Gasteiger partial charge in [-0.25, -0.2) is 8.42 Å². The average molecular weight is 491 g/mol. The molecule has 1 aromatic heterocycles. The fourth-order valence-electron chi connectivity index (χ4n) is 4.24. The number of sulfonamides is 1. The zero-order valence-corrected chi connectivity index (χ0v) is 21.4. The van der Waals surface area contributed by atoms with Crippen molar-refractivity contribution in [3.63, 3.8) is 0 Å². The summed E-state index contributed by atoms with van der Waals surface area (Å²) in [7, 11) is -3.25. The van der Waals surface area contributed by atoms with Gasteiger partial charge in [0.1, 0.15) is 0 Å². The number of rotatable bonds is 13. The van der Waals surface area contributed by atoms with Gasteiger partial charge < -0.3 is 9.42 Å². The van der Waals surface area contributed by atoms with Crippen LogP contribution in [0.4, 0.5) is 0 Å². The van der Waals surface area contributed by atoms with Crippen LogP contribution in [0.15, 0.2) is 28.8 Å². The van der Waals surface area contributed by atoms with E-state index < -0.39 is 10.0 Å². The maximum absolute atomic E-state index is 12.7. The number of piperazine rings is 1. The fourth-order valence-corrected chi connectivity index (χ4v) is 5.78. The van der Waals surface area contributed by atoms with Crippen molar-refractivity contribution < 1.29 is 17.7 Å². The molecule has 0 aliphatic carbocycles. The minimum atomic E-state index is -3.25. The van der Waals surface area contributed by atoms with E-state index in [0.29, 0.717) is 44.3 Å². The van der Waals surface area contributed by atoms with Gasteiger partial charge in [0.25, 0.3) is 0 Å². The predicted molar refractivity (Wildman–Crippen MR) is 133 cm³/mol. The molecule has 188 valence electrons. The minimum absolute atomic E-state index is 0.0169. The number of unbranched alkanes of at least 4 members (excludes halogenated alkanes) is 7. The van der Waals surface area contributed by atoms with Gasteiger partial charge >= 0.3 is 0 Å². The first-order valence-electron chi connectivity index (χ1n) is 12.5. The largest absolute Gasteiger partial charge is 0.340 e. The molecule has 1 aromatic carbocycles. The van der Waals surface area contributed by atoms with Gasteiger partial charge in [0.15, 0.2) is 0 Å². The smallest absolute Gasteiger partial charge is 0.227 e. The minimum Gasteiger partial charge on any atom is -0.340 e. The molecule has 1 aliphatic rings. The van der Waals surface area contributed by atoms with E-state index in [0.717, 1.165) is 24.0 Å². The molecule has 0 bridgehead atoms. The van der Waals surface area contributed by atoms with Crippen LogP contribution in [0.1, 0.15) is 69.7 Å². The van der Waals surface area contributed by atoms with E-state index >= 15 is 0 Å². The number of hydrogen-bond acceptors (Lipinski definition) is 6. The van der Waals surface area contributed by atoms with Gasteiger partial charge in [-0.05, 0) is 12.0 Å². The average Bonchev–Trinajstić information content (AvgIpc) is 3.27. The Morgan fingerprint density at radius 1 is 0.941 bits per heavy atom. The van der Waals surface area contributed by atoms with Crippen molar-refractivity contribution in [1.82, 2.24) is 19.3 Å². The molecule has 0 spiro atoms. The molecule has 0 unspecified atom stereocenters. The van der Waals surface area contributed by atoms with Crippen molar-refractivity contribution in [1.29, 1.82) is 0 Å². The normalized spacial score (nSPS) is 15.1. The monoisotopic (exact) mass is 490 g/mol. The van der Waals surface area contributed by atoms with Crippen LogP contribution in [-0.2, 0) is 21.2 Å². The van der Waals surface area contributed by atoms with E-state index in [1.54, 1.807) is 16.1 Å². The SMILES string of the molecule is CCCCCCCCCCS(=O)(=O)N1CCN(C(=O)Cc2ccc(-c3noc(C)n3)cc2)CC1. The Kier molecular flexibility index (Phi) is 10.1. The summed E-state index contributed by atoms with van der Waals surface area (Å²) < 4.78 is 31.9. The standard InChI is InChI=1S/C25H38N4O4S/c1-3-4-5-6-7-8-9-10-19-34(31,32)29-17-15-28(16-18-29)24(30)20-22-11-13-23(14-12-22)25-26-21(2)33-27-25/h11-14H,3-10,15-20H2,1-2H3. The lowest BCUT2D eigenvalue weighted by Gasteiger charge is -2.34. The molecule has 2 heterocycles. The summed E-state index contributed by atoms with van der Waals surface area (Å²) in [6.07, 6.45) is 9.34. The van der Waals surface area contributed by atoms with E-state index in [-0.39, 0.29) is 18.1 Å². The summed E-state index contributed by atoms with van der Waals surface area (Å²) in [5, 5.41) is 3.90. The lowest BCUT2D eigenvalue weighted by Crippen LogP contribution is -2.51. The fraction of sp³-hybridized carbons (Fsp3) is 0.640. The summed E-state index contributed by atoms with van der Waals surface area (Å²) in [6, 6.07) is 7.54. The molecule has 9 heteroatoms. The number of nitrogens with zero attached hydrogens (tertiary/aromatic N) is 4. The molecule has 1 fully saturated rings. The van der Waals surface area contributed by atoms with Crippen molar-refractivity contribution in [2.45, 2.75) is 71.6 Å². The summed E-state index contributed by atoms with van der Waals surface area (Å²) in [6.45, 7) is 5.58. The molecule has 34 heavy (non-hydrogen) atoms. The third kappa shape index (κ3) is 7.91. The van der Waals surface area contributed by atoms with Crippen molar-refractivity contribution in [3.8, 4) is 11.4 Å². The summed E-state index contributed by atoms with van der Waals surface area (Å²) in [5.74, 6) is 1.26. The third-order valence-corrected chi connectivity index (χ3v) is 8.29. The van der Waals surface area contributed by atoms with E-state index in [1.165, 1.54) is 32.1 Å². The van der Waals surface area contributed by atoms with Crippen molar-refractivity contribution in [3.05, 3.63) is 35.7 Å². The van der Waals surface area contributed by atoms with Crippen LogP contribution in [0.5, 0.6) is 0 Å². The number of aryl methyl sites for hydroxylation is 1. The lowest BCUT2D eigenvalue weighted by atomic mass is 10.1. The van der Waals surface area contributed by atoms with Crippen molar-refractivity contribution >= 4 is 15.9 Å². The van der Waals surface area contributed by atoms with Gasteiger partial charge in [-0.15, -0.1) is 0 Å². The third-order valence-electron chi connectivity index (χ3n) is 6.34. The Balaban J connectivity index is 1.37. The van der Waals surface area contributed by atoms with Crippen LogP contribution in [0.3, 0.4) is 0 Å². The number of hydrogen-bond donors (Lipinski definition) is 0. The van der Waals surface area contributed by atoms with Gasteiger partial charge in [-0.3, -0.25) is 4.79 Å². The van der Waals surface area contributed by atoms with Crippen LogP contribution < -0.4 is 0 Å². The van der Waals surface area contributed by atoms with E-state index in [9.17, 15) is 13.2 Å². The maximum Gasteiger partial charge on any atom is 0.227 e. The van der Waals surface area contributed by atoms with Gasteiger partial charge in [-0.1, -0.05) is 81.3 Å². The number of benzene rings is 1. The molecule has 0 atom stereocenters. The van der Waals surface area contributed by atoms with Crippen LogP contribution in [-0.4, -0.2) is 65.6 Å². The molecule has 3 rings (SSSR count). The molecule has 0 saturated carbocycles. The predicted octanol–water partition coefficient (Wildman–Crippen LogP) is 4.20.